The lowest BCUT2D eigenvalue weighted by molar-refractivity contribution is -0.384. The number of ether oxygens (including phenoxy) is 1. The first kappa shape index (κ1) is 19.1. The van der Waals surface area contributed by atoms with Crippen molar-refractivity contribution < 1.29 is 18.1 Å². The molecule has 2 saturated heterocycles. The summed E-state index contributed by atoms with van der Waals surface area (Å²) in [6, 6.07) is 4.19. The first-order valence-corrected chi connectivity index (χ1v) is 10.8. The molecule has 0 aromatic heterocycles. The van der Waals surface area contributed by atoms with Crippen LogP contribution in [0.2, 0.25) is 0 Å². The third-order valence-electron chi connectivity index (χ3n) is 5.08. The van der Waals surface area contributed by atoms with Crippen molar-refractivity contribution in [3.63, 3.8) is 0 Å². The predicted octanol–water partition coefficient (Wildman–Crippen LogP) is 1.91. The van der Waals surface area contributed by atoms with Crippen LogP contribution in [0.25, 0.3) is 0 Å². The normalized spacial score (nSPS) is 22.4. The lowest BCUT2D eigenvalue weighted by Crippen LogP contribution is -2.41. The van der Waals surface area contributed by atoms with Crippen molar-refractivity contribution in [1.29, 1.82) is 0 Å². The maximum absolute atomic E-state index is 11.6. The SMILES string of the molecule is CS(=O)(=O)c1ccc(NC2CCN(CC3CCOC3)CC2)c([N+](=O)[O-])c1. The molecular formula is C17H25N3O5S. The van der Waals surface area contributed by atoms with Crippen molar-refractivity contribution in [3.05, 3.63) is 28.3 Å². The molecular weight excluding hydrogens is 358 g/mol. The largest absolute Gasteiger partial charge is 0.381 e. The summed E-state index contributed by atoms with van der Waals surface area (Å²) >= 11 is 0. The highest BCUT2D eigenvalue weighted by molar-refractivity contribution is 7.90. The minimum atomic E-state index is -3.48. The lowest BCUT2D eigenvalue weighted by Gasteiger charge is -2.34. The Kier molecular flexibility index (Phi) is 5.79. The first-order valence-electron chi connectivity index (χ1n) is 8.88. The summed E-state index contributed by atoms with van der Waals surface area (Å²) < 4.78 is 28.7. The van der Waals surface area contributed by atoms with Crippen molar-refractivity contribution >= 4 is 21.2 Å². The van der Waals surface area contributed by atoms with Gasteiger partial charge in [-0.05, 0) is 37.3 Å². The number of piperidine rings is 1. The number of hydrogen-bond donors (Lipinski definition) is 1. The summed E-state index contributed by atoms with van der Waals surface area (Å²) in [4.78, 5) is 13.2. The van der Waals surface area contributed by atoms with Gasteiger partial charge in [0.05, 0.1) is 16.4 Å². The van der Waals surface area contributed by atoms with Gasteiger partial charge >= 0.3 is 0 Å². The van der Waals surface area contributed by atoms with Crippen molar-refractivity contribution in [3.8, 4) is 0 Å². The Bertz CT molecular complexity index is 754. The number of hydrogen-bond acceptors (Lipinski definition) is 7. The lowest BCUT2D eigenvalue weighted by atomic mass is 10.0. The number of likely N-dealkylation sites (tertiary alicyclic amines) is 1. The van der Waals surface area contributed by atoms with Crippen LogP contribution in [0.3, 0.4) is 0 Å². The van der Waals surface area contributed by atoms with Gasteiger partial charge < -0.3 is 15.0 Å². The number of anilines is 1. The van der Waals surface area contributed by atoms with E-state index in [4.69, 9.17) is 4.74 Å². The number of nitrogens with zero attached hydrogens (tertiary/aromatic N) is 2. The molecule has 0 aliphatic carbocycles. The minimum Gasteiger partial charge on any atom is -0.381 e. The molecule has 1 aromatic carbocycles. The van der Waals surface area contributed by atoms with E-state index >= 15 is 0 Å². The maximum Gasteiger partial charge on any atom is 0.293 e. The van der Waals surface area contributed by atoms with Crippen LogP contribution in [-0.4, -0.2) is 63.4 Å². The molecule has 1 aromatic rings. The predicted molar refractivity (Wildman–Crippen MR) is 98.2 cm³/mol. The molecule has 2 aliphatic heterocycles. The van der Waals surface area contributed by atoms with E-state index in [9.17, 15) is 18.5 Å². The summed E-state index contributed by atoms with van der Waals surface area (Å²) in [6.45, 7) is 4.65. The number of nitro benzene ring substituents is 1. The molecule has 0 bridgehead atoms. The van der Waals surface area contributed by atoms with E-state index in [-0.39, 0.29) is 16.6 Å². The molecule has 1 atom stereocenters. The second kappa shape index (κ2) is 7.89. The van der Waals surface area contributed by atoms with Gasteiger partial charge in [0.15, 0.2) is 9.84 Å². The van der Waals surface area contributed by atoms with E-state index in [2.05, 4.69) is 10.2 Å². The highest BCUT2D eigenvalue weighted by Crippen LogP contribution is 2.29. The van der Waals surface area contributed by atoms with Crippen molar-refractivity contribution in [2.45, 2.75) is 30.2 Å². The molecule has 3 rings (SSSR count). The van der Waals surface area contributed by atoms with Gasteiger partial charge in [0, 0.05) is 44.6 Å². The summed E-state index contributed by atoms with van der Waals surface area (Å²) in [5, 5.41) is 14.6. The zero-order chi connectivity index (χ0) is 18.7. The number of sulfone groups is 1. The van der Waals surface area contributed by atoms with Gasteiger partial charge in [-0.2, -0.15) is 0 Å². The van der Waals surface area contributed by atoms with Crippen LogP contribution in [0.5, 0.6) is 0 Å². The van der Waals surface area contributed by atoms with Crippen LogP contribution < -0.4 is 5.32 Å². The van der Waals surface area contributed by atoms with E-state index in [1.54, 1.807) is 0 Å². The van der Waals surface area contributed by atoms with Crippen LogP contribution >= 0.6 is 0 Å². The van der Waals surface area contributed by atoms with Crippen LogP contribution in [-0.2, 0) is 14.6 Å². The molecule has 2 heterocycles. The van der Waals surface area contributed by atoms with E-state index < -0.39 is 14.8 Å². The smallest absolute Gasteiger partial charge is 0.293 e. The molecule has 0 amide bonds. The van der Waals surface area contributed by atoms with Gasteiger partial charge in [0.1, 0.15) is 5.69 Å². The highest BCUT2D eigenvalue weighted by atomic mass is 32.2. The molecule has 0 saturated carbocycles. The maximum atomic E-state index is 11.6. The van der Waals surface area contributed by atoms with Crippen LogP contribution in [0.4, 0.5) is 11.4 Å². The molecule has 9 heteroatoms. The molecule has 0 radical (unpaired) electrons. The van der Waals surface area contributed by atoms with E-state index in [0.29, 0.717) is 11.6 Å². The topological polar surface area (TPSA) is 102 Å². The summed E-state index contributed by atoms with van der Waals surface area (Å²) in [6.07, 6.45) is 3.97. The van der Waals surface area contributed by atoms with E-state index in [1.165, 1.54) is 12.1 Å². The Hall–Kier alpha value is -1.71. The Labute approximate surface area is 153 Å². The second-order valence-corrected chi connectivity index (χ2v) is 9.17. The van der Waals surface area contributed by atoms with Crippen LogP contribution in [0.1, 0.15) is 19.3 Å². The standard InChI is InChI=1S/C17H25N3O5S/c1-26(23,24)15-2-3-16(17(10-15)20(21)22)18-14-4-7-19(8-5-14)11-13-6-9-25-12-13/h2-3,10,13-14,18H,4-9,11-12H2,1H3. The Morgan fingerprint density at radius 2 is 2.04 bits per heavy atom. The number of nitro groups is 1. The fourth-order valence-corrected chi connectivity index (χ4v) is 4.23. The second-order valence-electron chi connectivity index (χ2n) is 7.16. The van der Waals surface area contributed by atoms with Gasteiger partial charge in [0.2, 0.25) is 0 Å². The molecule has 26 heavy (non-hydrogen) atoms. The van der Waals surface area contributed by atoms with Gasteiger partial charge in [-0.25, -0.2) is 8.42 Å². The average molecular weight is 383 g/mol. The third kappa shape index (κ3) is 4.72. The summed E-state index contributed by atoms with van der Waals surface area (Å²) in [7, 11) is -3.48. The number of rotatable bonds is 6. The highest BCUT2D eigenvalue weighted by Gasteiger charge is 2.26. The molecule has 0 spiro atoms. The summed E-state index contributed by atoms with van der Waals surface area (Å²) in [5.41, 5.74) is 0.184. The molecule has 2 fully saturated rings. The monoisotopic (exact) mass is 383 g/mol. The fourth-order valence-electron chi connectivity index (χ4n) is 3.59. The van der Waals surface area contributed by atoms with Gasteiger partial charge in [-0.15, -0.1) is 0 Å². The van der Waals surface area contributed by atoms with Crippen LogP contribution in [0, 0.1) is 16.0 Å². The molecule has 2 aliphatic rings. The summed E-state index contributed by atoms with van der Waals surface area (Å²) in [5.74, 6) is 0.615. The minimum absolute atomic E-state index is 0.0386. The Balaban J connectivity index is 1.61. The van der Waals surface area contributed by atoms with Gasteiger partial charge in [-0.3, -0.25) is 10.1 Å². The third-order valence-corrected chi connectivity index (χ3v) is 6.19. The zero-order valence-electron chi connectivity index (χ0n) is 14.9. The molecule has 8 nitrogen and oxygen atoms in total. The van der Waals surface area contributed by atoms with Crippen LogP contribution in [0.15, 0.2) is 23.1 Å². The quantitative estimate of drug-likeness (QED) is 0.591. The Morgan fingerprint density at radius 3 is 2.62 bits per heavy atom. The van der Waals surface area contributed by atoms with E-state index in [1.807, 2.05) is 0 Å². The fraction of sp³-hybridized carbons (Fsp3) is 0.647. The first-order chi connectivity index (χ1) is 12.3. The number of nitrogens with one attached hydrogen (secondary N) is 1. The van der Waals surface area contributed by atoms with Gasteiger partial charge in [-0.1, -0.05) is 0 Å². The van der Waals surface area contributed by atoms with Crippen molar-refractivity contribution in [2.24, 2.45) is 5.92 Å². The van der Waals surface area contributed by atoms with E-state index in [0.717, 1.165) is 64.4 Å². The molecule has 1 N–H and O–H groups in total. The van der Waals surface area contributed by atoms with Crippen molar-refractivity contribution in [1.82, 2.24) is 4.90 Å². The molecule has 1 unspecified atom stereocenters. The van der Waals surface area contributed by atoms with Gasteiger partial charge in [0.25, 0.3) is 5.69 Å². The average Bonchev–Trinajstić information content (AvgIpc) is 3.09. The zero-order valence-corrected chi connectivity index (χ0v) is 15.7. The Morgan fingerprint density at radius 1 is 1.31 bits per heavy atom. The number of benzene rings is 1. The van der Waals surface area contributed by atoms with Crippen molar-refractivity contribution in [2.75, 3.05) is 44.4 Å². The molecule has 144 valence electrons.